The molecule has 0 atom stereocenters. The number of hydrogen-bond acceptors (Lipinski definition) is 2. The van der Waals surface area contributed by atoms with E-state index in [1.165, 1.54) is 0 Å². The summed E-state index contributed by atoms with van der Waals surface area (Å²) in [5.74, 6) is 0.953. The zero-order valence-corrected chi connectivity index (χ0v) is 17.0. The molecule has 0 fully saturated rings. The molecule has 3 aromatic rings. The average molecular weight is 467 g/mol. The highest BCUT2D eigenvalue weighted by Crippen LogP contribution is 2.11. The highest BCUT2D eigenvalue weighted by atomic mass is 79.9. The van der Waals surface area contributed by atoms with Gasteiger partial charge in [-0.25, -0.2) is 0 Å². The molecule has 25 heavy (non-hydrogen) atoms. The Kier molecular flexibility index (Phi) is 6.15. The summed E-state index contributed by atoms with van der Waals surface area (Å²) in [6, 6.07) is 16.2. The van der Waals surface area contributed by atoms with Crippen molar-refractivity contribution >= 4 is 31.9 Å². The van der Waals surface area contributed by atoms with Gasteiger partial charge in [-0.15, -0.1) is 0 Å². The van der Waals surface area contributed by atoms with Gasteiger partial charge in [0, 0.05) is 8.95 Å². The number of imidazole rings is 1. The highest BCUT2D eigenvalue weighted by Gasteiger charge is 2.18. The second-order valence-electron chi connectivity index (χ2n) is 5.52. The number of halogens is 2. The third kappa shape index (κ3) is 4.86. The molecule has 6 heteroatoms. The van der Waals surface area contributed by atoms with E-state index in [-0.39, 0.29) is 0 Å². The van der Waals surface area contributed by atoms with E-state index in [0.29, 0.717) is 13.2 Å². The van der Waals surface area contributed by atoms with Crippen molar-refractivity contribution < 1.29 is 14.4 Å². The minimum atomic E-state index is 0.502. The van der Waals surface area contributed by atoms with Crippen LogP contribution in [0.25, 0.3) is 0 Å². The minimum absolute atomic E-state index is 0.502. The number of benzene rings is 2. The summed E-state index contributed by atoms with van der Waals surface area (Å²) in [6.45, 7) is 3.08. The van der Waals surface area contributed by atoms with Crippen LogP contribution in [0.3, 0.4) is 0 Å². The van der Waals surface area contributed by atoms with Gasteiger partial charge >= 0.3 is 5.82 Å². The Hall–Kier alpha value is -1.79. The molecule has 0 radical (unpaired) electrons. The van der Waals surface area contributed by atoms with E-state index in [9.17, 15) is 0 Å². The van der Waals surface area contributed by atoms with Crippen LogP contribution in [-0.2, 0) is 19.6 Å². The Morgan fingerprint density at radius 3 is 2.00 bits per heavy atom. The SMILES string of the molecule is CCc1n(OCc2ccc(Br)cc2)cc[n+]1OCc1ccc(Br)cc1. The van der Waals surface area contributed by atoms with Crippen LogP contribution < -0.4 is 14.4 Å². The molecule has 0 N–H and O–H groups in total. The van der Waals surface area contributed by atoms with Crippen molar-refractivity contribution in [3.63, 3.8) is 0 Å². The highest BCUT2D eigenvalue weighted by molar-refractivity contribution is 9.10. The largest absolute Gasteiger partial charge is 0.334 e. The van der Waals surface area contributed by atoms with Gasteiger partial charge in [-0.2, -0.15) is 0 Å². The van der Waals surface area contributed by atoms with E-state index in [0.717, 1.165) is 32.3 Å². The Labute approximate surface area is 164 Å². The quantitative estimate of drug-likeness (QED) is 0.490. The van der Waals surface area contributed by atoms with Gasteiger partial charge in [0.2, 0.25) is 0 Å². The van der Waals surface area contributed by atoms with Crippen LogP contribution in [0.4, 0.5) is 0 Å². The van der Waals surface area contributed by atoms with Gasteiger partial charge in [-0.1, -0.05) is 63.0 Å². The number of rotatable bonds is 7. The van der Waals surface area contributed by atoms with Crippen molar-refractivity contribution in [3.05, 3.63) is 86.8 Å². The maximum absolute atomic E-state index is 5.90. The van der Waals surface area contributed by atoms with Crippen molar-refractivity contribution in [1.29, 1.82) is 0 Å². The standard InChI is InChI=1S/C19H19Br2N2O2/c1-2-19-22(24-13-15-3-7-17(20)8-4-15)11-12-23(19)25-14-16-5-9-18(21)10-6-16/h3-12H,2,13-14H2,1H3/q+1. The maximum atomic E-state index is 5.90. The van der Waals surface area contributed by atoms with Gasteiger partial charge in [-0.3, -0.25) is 0 Å². The molecule has 0 bridgehead atoms. The average Bonchev–Trinajstić information content (AvgIpc) is 3.02. The first-order valence-corrected chi connectivity index (χ1v) is 9.61. The van der Waals surface area contributed by atoms with Crippen LogP contribution in [0.1, 0.15) is 23.9 Å². The van der Waals surface area contributed by atoms with Crippen LogP contribution in [0.5, 0.6) is 0 Å². The van der Waals surface area contributed by atoms with Gasteiger partial charge in [0.05, 0.1) is 6.42 Å². The number of hydrogen-bond donors (Lipinski definition) is 0. The third-order valence-electron chi connectivity index (χ3n) is 3.73. The predicted molar refractivity (Wildman–Crippen MR) is 103 cm³/mol. The predicted octanol–water partition coefficient (Wildman–Crippen LogP) is 4.12. The van der Waals surface area contributed by atoms with Gasteiger partial charge in [0.25, 0.3) is 0 Å². The smallest absolute Gasteiger partial charge is 0.331 e. The molecule has 0 amide bonds. The molecule has 4 nitrogen and oxygen atoms in total. The first-order chi connectivity index (χ1) is 12.2. The lowest BCUT2D eigenvalue weighted by Crippen LogP contribution is -2.45. The molecule has 1 aromatic heterocycles. The van der Waals surface area contributed by atoms with E-state index in [2.05, 4.69) is 38.8 Å². The molecule has 0 saturated heterocycles. The van der Waals surface area contributed by atoms with Gasteiger partial charge in [0.15, 0.2) is 25.6 Å². The second kappa shape index (κ2) is 8.54. The van der Waals surface area contributed by atoms with Crippen LogP contribution in [0, 0.1) is 0 Å². The summed E-state index contributed by atoms with van der Waals surface area (Å²) in [5, 5.41) is 0. The van der Waals surface area contributed by atoms with Crippen molar-refractivity contribution in [2.45, 2.75) is 26.6 Å². The Morgan fingerprint density at radius 2 is 1.44 bits per heavy atom. The van der Waals surface area contributed by atoms with Gasteiger partial charge in [-0.05, 0) is 44.9 Å². The molecular weight excluding hydrogens is 448 g/mol. The van der Waals surface area contributed by atoms with Gasteiger partial charge in [0.1, 0.15) is 0 Å². The van der Waals surface area contributed by atoms with Gasteiger partial charge < -0.3 is 9.68 Å². The van der Waals surface area contributed by atoms with Crippen molar-refractivity contribution in [2.24, 2.45) is 0 Å². The minimum Gasteiger partial charge on any atom is -0.331 e. The van der Waals surface area contributed by atoms with Crippen LogP contribution in [0.2, 0.25) is 0 Å². The molecule has 1 heterocycles. The summed E-state index contributed by atoms with van der Waals surface area (Å²) in [7, 11) is 0. The molecule has 0 aliphatic carbocycles. The third-order valence-corrected chi connectivity index (χ3v) is 4.79. The lowest BCUT2D eigenvalue weighted by molar-refractivity contribution is -0.900. The van der Waals surface area contributed by atoms with E-state index >= 15 is 0 Å². The molecular formula is C19H19Br2N2O2+. The molecule has 3 rings (SSSR count). The monoisotopic (exact) mass is 465 g/mol. The summed E-state index contributed by atoms with van der Waals surface area (Å²) in [6.07, 6.45) is 4.55. The lowest BCUT2D eigenvalue weighted by Gasteiger charge is -2.05. The fourth-order valence-electron chi connectivity index (χ4n) is 2.39. The first-order valence-electron chi connectivity index (χ1n) is 8.03. The second-order valence-corrected chi connectivity index (χ2v) is 7.35. The molecule has 0 aliphatic heterocycles. The molecule has 0 unspecified atom stereocenters. The lowest BCUT2D eigenvalue weighted by atomic mass is 10.2. The van der Waals surface area contributed by atoms with Crippen molar-refractivity contribution in [1.82, 2.24) is 4.73 Å². The Balaban J connectivity index is 1.63. The Morgan fingerprint density at radius 1 is 0.880 bits per heavy atom. The summed E-state index contributed by atoms with van der Waals surface area (Å²) in [5.41, 5.74) is 2.22. The molecule has 130 valence electrons. The van der Waals surface area contributed by atoms with E-state index < -0.39 is 0 Å². The Bertz CT molecular complexity index is 747. The molecule has 2 aromatic carbocycles. The molecule has 0 spiro atoms. The summed E-state index contributed by atoms with van der Waals surface area (Å²) in [4.78, 5) is 11.8. The molecule has 0 saturated carbocycles. The molecule has 0 aliphatic rings. The normalized spacial score (nSPS) is 10.7. The summed E-state index contributed by atoms with van der Waals surface area (Å²) >= 11 is 6.88. The number of nitrogens with zero attached hydrogens (tertiary/aromatic N) is 2. The van der Waals surface area contributed by atoms with Crippen molar-refractivity contribution in [3.8, 4) is 0 Å². The van der Waals surface area contributed by atoms with Crippen LogP contribution in [-0.4, -0.2) is 4.73 Å². The topological polar surface area (TPSA) is 27.3 Å². The zero-order valence-electron chi connectivity index (χ0n) is 13.9. The van der Waals surface area contributed by atoms with Crippen LogP contribution in [0.15, 0.2) is 69.9 Å². The van der Waals surface area contributed by atoms with E-state index in [1.54, 1.807) is 9.46 Å². The number of aromatic nitrogens is 2. The van der Waals surface area contributed by atoms with E-state index in [1.807, 2.05) is 60.9 Å². The van der Waals surface area contributed by atoms with Crippen LogP contribution >= 0.6 is 31.9 Å². The fraction of sp³-hybridized carbons (Fsp3) is 0.211. The summed E-state index contributed by atoms with van der Waals surface area (Å²) < 4.78 is 5.66. The van der Waals surface area contributed by atoms with Crippen molar-refractivity contribution in [2.75, 3.05) is 0 Å². The maximum Gasteiger partial charge on any atom is 0.334 e. The van der Waals surface area contributed by atoms with E-state index in [4.69, 9.17) is 9.68 Å². The zero-order chi connectivity index (χ0) is 17.6. The first kappa shape index (κ1) is 18.0. The fourth-order valence-corrected chi connectivity index (χ4v) is 2.92.